The summed E-state index contributed by atoms with van der Waals surface area (Å²) in [6.07, 6.45) is 0. The molecule has 0 heterocycles. The second-order valence-electron chi connectivity index (χ2n) is 12.2. The minimum atomic E-state index is -1.53. The quantitative estimate of drug-likeness (QED) is 0.214. The zero-order valence-electron chi connectivity index (χ0n) is 25.1. The molecule has 3 aliphatic rings. The minimum Gasteiger partial charge on any atom is -0.376 e. The smallest absolute Gasteiger partial charge is 0.142 e. The van der Waals surface area contributed by atoms with Crippen LogP contribution < -0.4 is 0 Å². The fraction of sp³-hybridized carbons (Fsp3) is 0.0455. The molecule has 0 atom stereocenters. The Balaban J connectivity index is 1.62. The maximum Gasteiger partial charge on any atom is 0.142 e. The lowest BCUT2D eigenvalue weighted by atomic mass is 9.53. The molecule has 0 aliphatic heterocycles. The predicted octanol–water partition coefficient (Wildman–Crippen LogP) is 9.55. The van der Waals surface area contributed by atoms with E-state index < -0.39 is 11.2 Å². The number of hydrogen-bond acceptors (Lipinski definition) is 2. The SMILES string of the molecule is OC12c3ccccc3C(O)(c3ccccc31)c1c(-c3ccccc3)c(-c3ccccc3)c(-c3ccccc3)c(-c3ccccc3)c12. The molecule has 0 unspecified atom stereocenters. The van der Waals surface area contributed by atoms with E-state index in [0.717, 1.165) is 55.6 Å². The lowest BCUT2D eigenvalue weighted by Gasteiger charge is -2.54. The highest BCUT2D eigenvalue weighted by atomic mass is 16.3. The van der Waals surface area contributed by atoms with Crippen LogP contribution in [0.3, 0.4) is 0 Å². The molecule has 46 heavy (non-hydrogen) atoms. The number of hydrogen-bond donors (Lipinski definition) is 2. The van der Waals surface area contributed by atoms with Crippen LogP contribution in [0.25, 0.3) is 44.5 Å². The normalized spacial score (nSPS) is 18.8. The van der Waals surface area contributed by atoms with Crippen LogP contribution in [-0.2, 0) is 11.2 Å². The number of benzene rings is 7. The van der Waals surface area contributed by atoms with E-state index in [-0.39, 0.29) is 0 Å². The highest BCUT2D eigenvalue weighted by molar-refractivity contribution is 6.07. The summed E-state index contributed by atoms with van der Waals surface area (Å²) in [5.74, 6) is 0. The highest BCUT2D eigenvalue weighted by Gasteiger charge is 2.60. The summed E-state index contributed by atoms with van der Waals surface area (Å²) < 4.78 is 0. The number of rotatable bonds is 4. The third-order valence-corrected chi connectivity index (χ3v) is 9.89. The van der Waals surface area contributed by atoms with E-state index in [0.29, 0.717) is 22.3 Å². The summed E-state index contributed by atoms with van der Waals surface area (Å²) in [5, 5.41) is 27.2. The molecule has 2 nitrogen and oxygen atoms in total. The molecule has 2 bridgehead atoms. The van der Waals surface area contributed by atoms with Gasteiger partial charge in [-0.1, -0.05) is 170 Å². The van der Waals surface area contributed by atoms with Gasteiger partial charge in [-0.05, 0) is 66.8 Å². The van der Waals surface area contributed by atoms with E-state index in [1.165, 1.54) is 0 Å². The molecule has 218 valence electrons. The van der Waals surface area contributed by atoms with Gasteiger partial charge in [-0.15, -0.1) is 0 Å². The molecular formula is C44H30O2. The molecule has 0 saturated carbocycles. The zero-order chi connectivity index (χ0) is 30.9. The van der Waals surface area contributed by atoms with Gasteiger partial charge in [0.1, 0.15) is 11.2 Å². The van der Waals surface area contributed by atoms with Crippen molar-refractivity contribution in [1.29, 1.82) is 0 Å². The molecule has 10 rings (SSSR count). The van der Waals surface area contributed by atoms with Crippen molar-refractivity contribution in [2.75, 3.05) is 0 Å². The molecule has 7 aromatic carbocycles. The van der Waals surface area contributed by atoms with E-state index >= 15 is 0 Å². The second kappa shape index (κ2) is 9.98. The minimum absolute atomic E-state index is 0.714. The Kier molecular flexibility index (Phi) is 5.82. The molecule has 0 spiro atoms. The van der Waals surface area contributed by atoms with Crippen LogP contribution in [-0.4, -0.2) is 10.2 Å². The third-order valence-electron chi connectivity index (χ3n) is 9.89. The summed E-state index contributed by atoms with van der Waals surface area (Å²) in [6, 6.07) is 57.4. The molecule has 2 N–H and O–H groups in total. The lowest BCUT2D eigenvalue weighted by Crippen LogP contribution is -2.51. The van der Waals surface area contributed by atoms with Gasteiger partial charge in [0, 0.05) is 11.1 Å². The Morgan fingerprint density at radius 2 is 0.478 bits per heavy atom. The summed E-state index contributed by atoms with van der Waals surface area (Å²) in [6.45, 7) is 0. The molecule has 3 aliphatic carbocycles. The second-order valence-corrected chi connectivity index (χ2v) is 12.2. The Labute approximate surface area is 268 Å². The molecule has 2 heteroatoms. The highest BCUT2D eigenvalue weighted by Crippen LogP contribution is 2.66. The van der Waals surface area contributed by atoms with E-state index in [1.807, 2.05) is 97.1 Å². The van der Waals surface area contributed by atoms with Crippen molar-refractivity contribution in [1.82, 2.24) is 0 Å². The molecule has 0 fully saturated rings. The van der Waals surface area contributed by atoms with Crippen LogP contribution in [0.15, 0.2) is 170 Å². The van der Waals surface area contributed by atoms with Crippen molar-refractivity contribution in [3.63, 3.8) is 0 Å². The molecule has 0 radical (unpaired) electrons. The molecule has 0 amide bonds. The van der Waals surface area contributed by atoms with Crippen LogP contribution in [0, 0.1) is 0 Å². The summed E-state index contributed by atoms with van der Waals surface area (Å²) in [7, 11) is 0. The van der Waals surface area contributed by atoms with Crippen molar-refractivity contribution in [3.8, 4) is 44.5 Å². The molecule has 7 aromatic rings. The average molecular weight is 591 g/mol. The van der Waals surface area contributed by atoms with Crippen molar-refractivity contribution in [2.45, 2.75) is 11.2 Å². The summed E-state index contributed by atoms with van der Waals surface area (Å²) in [4.78, 5) is 0. The first-order valence-electron chi connectivity index (χ1n) is 15.7. The monoisotopic (exact) mass is 590 g/mol. The Morgan fingerprint density at radius 3 is 0.739 bits per heavy atom. The zero-order valence-corrected chi connectivity index (χ0v) is 25.1. The summed E-state index contributed by atoms with van der Waals surface area (Å²) >= 11 is 0. The topological polar surface area (TPSA) is 40.5 Å². The Hall–Kier alpha value is -5.54. The first-order valence-corrected chi connectivity index (χ1v) is 15.7. The van der Waals surface area contributed by atoms with Crippen LogP contribution in [0.2, 0.25) is 0 Å². The molecule has 0 aromatic heterocycles. The van der Waals surface area contributed by atoms with Gasteiger partial charge in [-0.2, -0.15) is 0 Å². The molecular weight excluding hydrogens is 560 g/mol. The fourth-order valence-electron chi connectivity index (χ4n) is 8.10. The van der Waals surface area contributed by atoms with E-state index in [9.17, 15) is 10.2 Å². The van der Waals surface area contributed by atoms with Gasteiger partial charge in [-0.25, -0.2) is 0 Å². The van der Waals surface area contributed by atoms with E-state index in [1.54, 1.807) is 0 Å². The van der Waals surface area contributed by atoms with Gasteiger partial charge in [-0.3, -0.25) is 0 Å². The Bertz CT molecular complexity index is 2050. The van der Waals surface area contributed by atoms with Gasteiger partial charge in [0.2, 0.25) is 0 Å². The van der Waals surface area contributed by atoms with Gasteiger partial charge >= 0.3 is 0 Å². The van der Waals surface area contributed by atoms with E-state index in [4.69, 9.17) is 0 Å². The summed E-state index contributed by atoms with van der Waals surface area (Å²) in [5.41, 5.74) is 9.20. The molecule has 0 saturated heterocycles. The Morgan fingerprint density at radius 1 is 0.261 bits per heavy atom. The number of aliphatic hydroxyl groups is 2. The predicted molar refractivity (Wildman–Crippen MR) is 185 cm³/mol. The van der Waals surface area contributed by atoms with Crippen molar-refractivity contribution in [3.05, 3.63) is 203 Å². The van der Waals surface area contributed by atoms with E-state index in [2.05, 4.69) is 72.8 Å². The van der Waals surface area contributed by atoms with Gasteiger partial charge in [0.15, 0.2) is 0 Å². The first kappa shape index (κ1) is 26.8. The van der Waals surface area contributed by atoms with Gasteiger partial charge < -0.3 is 10.2 Å². The van der Waals surface area contributed by atoms with Crippen LogP contribution in [0.5, 0.6) is 0 Å². The largest absolute Gasteiger partial charge is 0.376 e. The van der Waals surface area contributed by atoms with Crippen molar-refractivity contribution < 1.29 is 10.2 Å². The van der Waals surface area contributed by atoms with Gasteiger partial charge in [0.25, 0.3) is 0 Å². The fourth-order valence-corrected chi connectivity index (χ4v) is 8.10. The maximum atomic E-state index is 13.6. The van der Waals surface area contributed by atoms with Crippen molar-refractivity contribution >= 4 is 0 Å². The average Bonchev–Trinajstić information content (AvgIpc) is 3.14. The maximum absolute atomic E-state index is 13.6. The van der Waals surface area contributed by atoms with Crippen LogP contribution in [0.1, 0.15) is 33.4 Å². The van der Waals surface area contributed by atoms with Crippen LogP contribution in [0.4, 0.5) is 0 Å². The standard InChI is InChI=1S/C44H30O2/c45-43-33-25-13-15-27-35(33)44(46,36-28-16-14-26-34(36)43)42-40(32-23-11-4-12-24-32)38(30-19-7-2-8-20-30)37(29-17-5-1-6-18-29)39(41(42)43)31-21-9-3-10-22-31/h1-28,45-46H. The first-order chi connectivity index (χ1) is 22.6. The lowest BCUT2D eigenvalue weighted by molar-refractivity contribution is 0.0504. The third kappa shape index (κ3) is 3.48. The van der Waals surface area contributed by atoms with Gasteiger partial charge in [0.05, 0.1) is 0 Å². The van der Waals surface area contributed by atoms with Crippen LogP contribution >= 0.6 is 0 Å². The van der Waals surface area contributed by atoms with Crippen molar-refractivity contribution in [2.24, 2.45) is 0 Å².